The second kappa shape index (κ2) is 11.7. The van der Waals surface area contributed by atoms with Crippen LogP contribution in [-0.2, 0) is 15.1 Å². The van der Waals surface area contributed by atoms with Crippen LogP contribution in [0.1, 0.15) is 32.6 Å². The van der Waals surface area contributed by atoms with Gasteiger partial charge < -0.3 is 9.47 Å². The number of halogens is 1. The molecule has 182 valence electrons. The van der Waals surface area contributed by atoms with Gasteiger partial charge in [0.25, 0.3) is 0 Å². The van der Waals surface area contributed by atoms with Crippen LogP contribution < -0.4 is 0 Å². The summed E-state index contributed by atoms with van der Waals surface area (Å²) in [7, 11) is 0. The molecule has 0 radical (unpaired) electrons. The second-order valence-electron chi connectivity index (χ2n) is 8.58. The summed E-state index contributed by atoms with van der Waals surface area (Å²) in [4.78, 5) is 12.7. The number of ketones is 1. The Morgan fingerprint density at radius 3 is 1.83 bits per heavy atom. The molecule has 0 spiro atoms. The predicted molar refractivity (Wildman–Crippen MR) is 141 cm³/mol. The SMILES string of the molecule is C=C[C@@H](COC(c1ccccc1)(c1ccccc1)c1ccccc1)OCC(=O)c1cc(C)ccc1F. The highest BCUT2D eigenvalue weighted by atomic mass is 19.1. The zero-order chi connectivity index (χ0) is 25.4. The first-order valence-corrected chi connectivity index (χ1v) is 11.9. The molecule has 0 bridgehead atoms. The van der Waals surface area contributed by atoms with Crippen LogP contribution in [0.25, 0.3) is 0 Å². The number of benzene rings is 4. The molecule has 0 aromatic heterocycles. The third-order valence-electron chi connectivity index (χ3n) is 6.12. The number of Topliss-reactive ketones (excluding diaryl/α,β-unsaturated/α-hetero) is 1. The number of aryl methyl sites for hydroxylation is 1. The summed E-state index contributed by atoms with van der Waals surface area (Å²) < 4.78 is 26.8. The second-order valence-corrected chi connectivity index (χ2v) is 8.58. The number of ether oxygens (including phenoxy) is 2. The molecule has 3 nitrogen and oxygen atoms in total. The fraction of sp³-hybridized carbons (Fsp3) is 0.156. The Morgan fingerprint density at radius 1 is 0.861 bits per heavy atom. The summed E-state index contributed by atoms with van der Waals surface area (Å²) in [6.07, 6.45) is 1.02. The highest BCUT2D eigenvalue weighted by Crippen LogP contribution is 2.40. The van der Waals surface area contributed by atoms with Crippen LogP contribution in [0.15, 0.2) is 122 Å². The van der Waals surface area contributed by atoms with Crippen LogP contribution >= 0.6 is 0 Å². The first-order valence-electron chi connectivity index (χ1n) is 11.9. The summed E-state index contributed by atoms with van der Waals surface area (Å²) in [5, 5.41) is 0. The van der Waals surface area contributed by atoms with Crippen molar-refractivity contribution < 1.29 is 18.7 Å². The van der Waals surface area contributed by atoms with Crippen molar-refractivity contribution in [2.75, 3.05) is 13.2 Å². The zero-order valence-electron chi connectivity index (χ0n) is 20.3. The van der Waals surface area contributed by atoms with Crippen molar-refractivity contribution in [2.24, 2.45) is 0 Å². The van der Waals surface area contributed by atoms with Gasteiger partial charge in [0.1, 0.15) is 18.0 Å². The summed E-state index contributed by atoms with van der Waals surface area (Å²) in [5.74, 6) is -0.986. The molecule has 36 heavy (non-hydrogen) atoms. The average Bonchev–Trinajstić information content (AvgIpc) is 2.93. The van der Waals surface area contributed by atoms with E-state index in [0.717, 1.165) is 22.3 Å². The Hall–Kier alpha value is -3.86. The van der Waals surface area contributed by atoms with E-state index in [2.05, 4.69) is 6.58 Å². The number of carbonyl (C=O) groups is 1. The molecule has 0 amide bonds. The van der Waals surface area contributed by atoms with Crippen molar-refractivity contribution in [1.29, 1.82) is 0 Å². The molecule has 1 atom stereocenters. The van der Waals surface area contributed by atoms with Gasteiger partial charge >= 0.3 is 0 Å². The fourth-order valence-corrected chi connectivity index (χ4v) is 4.27. The molecule has 0 aliphatic rings. The Balaban J connectivity index is 1.62. The number of rotatable bonds is 11. The van der Waals surface area contributed by atoms with E-state index < -0.39 is 23.3 Å². The number of hydrogen-bond donors (Lipinski definition) is 0. The van der Waals surface area contributed by atoms with Crippen molar-refractivity contribution >= 4 is 5.78 Å². The van der Waals surface area contributed by atoms with E-state index in [9.17, 15) is 9.18 Å². The van der Waals surface area contributed by atoms with E-state index in [1.165, 1.54) is 12.1 Å². The van der Waals surface area contributed by atoms with Crippen LogP contribution in [-0.4, -0.2) is 25.1 Å². The maximum atomic E-state index is 14.2. The van der Waals surface area contributed by atoms with E-state index >= 15 is 0 Å². The molecule has 4 aromatic rings. The summed E-state index contributed by atoms with van der Waals surface area (Å²) in [5.41, 5.74) is 2.79. The Morgan fingerprint density at radius 2 is 1.36 bits per heavy atom. The number of carbonyl (C=O) groups excluding carboxylic acids is 1. The van der Waals surface area contributed by atoms with E-state index in [-0.39, 0.29) is 18.8 Å². The van der Waals surface area contributed by atoms with Crippen LogP contribution in [0.3, 0.4) is 0 Å². The summed E-state index contributed by atoms with van der Waals surface area (Å²) in [6, 6.07) is 34.5. The molecular formula is C32H29FO3. The number of hydrogen-bond acceptors (Lipinski definition) is 3. The van der Waals surface area contributed by atoms with Gasteiger partial charge in [-0.05, 0) is 35.7 Å². The molecule has 4 aromatic carbocycles. The van der Waals surface area contributed by atoms with Gasteiger partial charge in [-0.3, -0.25) is 4.79 Å². The van der Waals surface area contributed by atoms with Gasteiger partial charge in [-0.15, -0.1) is 6.58 Å². The fourth-order valence-electron chi connectivity index (χ4n) is 4.27. The molecule has 0 saturated heterocycles. The van der Waals surface area contributed by atoms with Crippen LogP contribution in [0.2, 0.25) is 0 Å². The molecule has 0 aliphatic carbocycles. The summed E-state index contributed by atoms with van der Waals surface area (Å²) >= 11 is 0. The monoisotopic (exact) mass is 480 g/mol. The molecule has 0 N–H and O–H groups in total. The maximum absolute atomic E-state index is 14.2. The minimum atomic E-state index is -0.916. The Bertz CT molecular complexity index is 1190. The first kappa shape index (κ1) is 25.2. The molecule has 0 unspecified atom stereocenters. The van der Waals surface area contributed by atoms with Crippen LogP contribution in [0, 0.1) is 12.7 Å². The lowest BCUT2D eigenvalue weighted by atomic mass is 9.80. The van der Waals surface area contributed by atoms with E-state index in [4.69, 9.17) is 9.47 Å². The van der Waals surface area contributed by atoms with Gasteiger partial charge in [0.05, 0.1) is 18.3 Å². The smallest absolute Gasteiger partial charge is 0.191 e. The van der Waals surface area contributed by atoms with Gasteiger partial charge in [-0.25, -0.2) is 4.39 Å². The minimum absolute atomic E-state index is 0.0194. The Labute approximate surface area is 211 Å². The lowest BCUT2D eigenvalue weighted by Gasteiger charge is -2.36. The molecule has 0 saturated carbocycles. The van der Waals surface area contributed by atoms with E-state index in [1.54, 1.807) is 12.1 Å². The molecule has 4 rings (SSSR count). The first-order chi connectivity index (χ1) is 17.5. The lowest BCUT2D eigenvalue weighted by Crippen LogP contribution is -2.36. The van der Waals surface area contributed by atoms with Crippen molar-refractivity contribution in [3.05, 3.63) is 155 Å². The maximum Gasteiger partial charge on any atom is 0.191 e. The molecule has 0 fully saturated rings. The zero-order valence-corrected chi connectivity index (χ0v) is 20.3. The molecule has 0 heterocycles. The normalized spacial score (nSPS) is 12.2. The highest BCUT2D eigenvalue weighted by molar-refractivity contribution is 5.97. The van der Waals surface area contributed by atoms with Gasteiger partial charge in [-0.2, -0.15) is 0 Å². The van der Waals surface area contributed by atoms with Crippen LogP contribution in [0.4, 0.5) is 4.39 Å². The average molecular weight is 481 g/mol. The molecular weight excluding hydrogens is 451 g/mol. The topological polar surface area (TPSA) is 35.5 Å². The highest BCUT2D eigenvalue weighted by Gasteiger charge is 2.38. The van der Waals surface area contributed by atoms with Crippen LogP contribution in [0.5, 0.6) is 0 Å². The van der Waals surface area contributed by atoms with Crippen molar-refractivity contribution in [3.8, 4) is 0 Å². The third-order valence-corrected chi connectivity index (χ3v) is 6.12. The van der Waals surface area contributed by atoms with Gasteiger partial charge in [0.15, 0.2) is 5.78 Å². The van der Waals surface area contributed by atoms with Gasteiger partial charge in [0.2, 0.25) is 0 Å². The van der Waals surface area contributed by atoms with E-state index in [0.29, 0.717) is 0 Å². The van der Waals surface area contributed by atoms with Crippen molar-refractivity contribution in [2.45, 2.75) is 18.6 Å². The summed E-state index contributed by atoms with van der Waals surface area (Å²) in [6.45, 7) is 5.53. The standard InChI is InChI=1S/C32H29FO3/c1-3-28(35-23-31(34)29-21-24(2)19-20-30(29)33)22-36-32(25-13-7-4-8-14-25,26-15-9-5-10-16-26)27-17-11-6-12-18-27/h3-21,28H,1,22-23H2,2H3/t28-/m0/s1. The van der Waals surface area contributed by atoms with Crippen molar-refractivity contribution in [3.63, 3.8) is 0 Å². The molecule has 4 heteroatoms. The predicted octanol–water partition coefficient (Wildman–Crippen LogP) is 6.90. The van der Waals surface area contributed by atoms with Gasteiger partial charge in [-0.1, -0.05) is 109 Å². The van der Waals surface area contributed by atoms with E-state index in [1.807, 2.05) is 97.9 Å². The third kappa shape index (κ3) is 5.51. The molecule has 0 aliphatic heterocycles. The Kier molecular flexibility index (Phi) is 8.21. The van der Waals surface area contributed by atoms with Gasteiger partial charge in [0, 0.05) is 0 Å². The van der Waals surface area contributed by atoms with Crippen molar-refractivity contribution in [1.82, 2.24) is 0 Å². The minimum Gasteiger partial charge on any atom is -0.364 e. The largest absolute Gasteiger partial charge is 0.364 e. The lowest BCUT2D eigenvalue weighted by molar-refractivity contribution is -0.0445. The quantitative estimate of drug-likeness (QED) is 0.133.